The summed E-state index contributed by atoms with van der Waals surface area (Å²) < 4.78 is 5.12. The second-order valence-corrected chi connectivity index (χ2v) is 5.40. The van der Waals surface area contributed by atoms with Gasteiger partial charge in [-0.3, -0.25) is 0 Å². The van der Waals surface area contributed by atoms with Gasteiger partial charge in [-0.2, -0.15) is 0 Å². The van der Waals surface area contributed by atoms with Gasteiger partial charge in [0.15, 0.2) is 0 Å². The van der Waals surface area contributed by atoms with Crippen molar-refractivity contribution in [2.75, 3.05) is 13.7 Å². The predicted octanol–water partition coefficient (Wildman–Crippen LogP) is 1.72. The molecule has 22 heavy (non-hydrogen) atoms. The van der Waals surface area contributed by atoms with E-state index < -0.39 is 6.10 Å². The Balaban J connectivity index is 1.73. The molecule has 0 heterocycles. The van der Waals surface area contributed by atoms with Gasteiger partial charge in [0.05, 0.1) is 13.2 Å². The van der Waals surface area contributed by atoms with E-state index in [4.69, 9.17) is 10.5 Å². The van der Waals surface area contributed by atoms with Crippen LogP contribution in [-0.4, -0.2) is 30.9 Å². The second kappa shape index (κ2) is 8.54. The van der Waals surface area contributed by atoms with Crippen LogP contribution in [0.25, 0.3) is 0 Å². The summed E-state index contributed by atoms with van der Waals surface area (Å²) in [5.41, 5.74) is 8.35. The Hall–Kier alpha value is -1.88. The van der Waals surface area contributed by atoms with Crippen LogP contribution in [0.15, 0.2) is 54.6 Å². The molecular formula is C18H24N2O2. The first-order chi connectivity index (χ1) is 10.7. The Labute approximate surface area is 131 Å². The van der Waals surface area contributed by atoms with E-state index in [2.05, 4.69) is 5.32 Å². The normalized spacial score (nSPS) is 13.6. The third-order valence-electron chi connectivity index (χ3n) is 3.65. The van der Waals surface area contributed by atoms with Gasteiger partial charge in [-0.25, -0.2) is 0 Å². The van der Waals surface area contributed by atoms with E-state index >= 15 is 0 Å². The highest BCUT2D eigenvalue weighted by Crippen LogP contribution is 2.11. The van der Waals surface area contributed by atoms with Crippen molar-refractivity contribution in [1.29, 1.82) is 0 Å². The van der Waals surface area contributed by atoms with Gasteiger partial charge in [-0.15, -0.1) is 0 Å². The molecule has 0 fully saturated rings. The number of hydrogen-bond donors (Lipinski definition) is 3. The lowest BCUT2D eigenvalue weighted by Crippen LogP contribution is -2.42. The Morgan fingerprint density at radius 2 is 1.73 bits per heavy atom. The number of rotatable bonds is 8. The zero-order valence-electron chi connectivity index (χ0n) is 12.9. The van der Waals surface area contributed by atoms with Crippen LogP contribution in [0, 0.1) is 0 Å². The van der Waals surface area contributed by atoms with Crippen LogP contribution >= 0.6 is 0 Å². The summed E-state index contributed by atoms with van der Waals surface area (Å²) in [4.78, 5) is 0. The van der Waals surface area contributed by atoms with E-state index in [0.29, 0.717) is 19.5 Å². The Morgan fingerprint density at radius 3 is 2.36 bits per heavy atom. The smallest absolute Gasteiger partial charge is 0.118 e. The van der Waals surface area contributed by atoms with Crippen LogP contribution in [-0.2, 0) is 13.0 Å². The number of methoxy groups -OCH3 is 1. The van der Waals surface area contributed by atoms with Crippen LogP contribution in [0.3, 0.4) is 0 Å². The molecule has 0 aliphatic rings. The molecular weight excluding hydrogens is 276 g/mol. The zero-order chi connectivity index (χ0) is 15.8. The van der Waals surface area contributed by atoms with Gasteiger partial charge in [0.2, 0.25) is 0 Å². The summed E-state index contributed by atoms with van der Waals surface area (Å²) in [5, 5.41) is 13.4. The van der Waals surface area contributed by atoms with Crippen LogP contribution < -0.4 is 15.8 Å². The van der Waals surface area contributed by atoms with E-state index in [0.717, 1.165) is 16.9 Å². The lowest BCUT2D eigenvalue weighted by molar-refractivity contribution is 0.141. The minimum Gasteiger partial charge on any atom is -0.497 e. The van der Waals surface area contributed by atoms with Gasteiger partial charge < -0.3 is 20.9 Å². The van der Waals surface area contributed by atoms with Crippen molar-refractivity contribution in [1.82, 2.24) is 5.32 Å². The molecule has 2 aromatic carbocycles. The molecule has 0 radical (unpaired) electrons. The van der Waals surface area contributed by atoms with Crippen LogP contribution in [0.1, 0.15) is 11.1 Å². The zero-order valence-corrected chi connectivity index (χ0v) is 12.9. The SMILES string of the molecule is COc1ccc(CNC[C@H](O)C(N)Cc2ccccc2)cc1. The van der Waals surface area contributed by atoms with Crippen molar-refractivity contribution in [3.63, 3.8) is 0 Å². The van der Waals surface area contributed by atoms with Crippen molar-refractivity contribution in [2.24, 2.45) is 5.73 Å². The first-order valence-corrected chi connectivity index (χ1v) is 7.50. The van der Waals surface area contributed by atoms with Gasteiger partial charge in [0.1, 0.15) is 5.75 Å². The third kappa shape index (κ3) is 5.15. The maximum Gasteiger partial charge on any atom is 0.118 e. The molecule has 2 rings (SSSR count). The highest BCUT2D eigenvalue weighted by molar-refractivity contribution is 5.27. The van der Waals surface area contributed by atoms with Gasteiger partial charge in [0.25, 0.3) is 0 Å². The van der Waals surface area contributed by atoms with Crippen LogP contribution in [0.2, 0.25) is 0 Å². The maximum absolute atomic E-state index is 10.1. The van der Waals surface area contributed by atoms with Crippen molar-refractivity contribution < 1.29 is 9.84 Å². The summed E-state index contributed by atoms with van der Waals surface area (Å²) in [6.07, 6.45) is 0.102. The van der Waals surface area contributed by atoms with E-state index in [1.54, 1.807) is 7.11 Å². The fourth-order valence-electron chi connectivity index (χ4n) is 2.28. The second-order valence-electron chi connectivity index (χ2n) is 5.40. The number of aliphatic hydroxyl groups excluding tert-OH is 1. The molecule has 0 aliphatic carbocycles. The Kier molecular flexibility index (Phi) is 6.40. The first-order valence-electron chi connectivity index (χ1n) is 7.50. The van der Waals surface area contributed by atoms with Crippen LogP contribution in [0.5, 0.6) is 5.75 Å². The lowest BCUT2D eigenvalue weighted by atomic mass is 10.0. The minimum absolute atomic E-state index is 0.272. The highest BCUT2D eigenvalue weighted by Gasteiger charge is 2.14. The largest absolute Gasteiger partial charge is 0.497 e. The first kappa shape index (κ1) is 16.5. The third-order valence-corrected chi connectivity index (χ3v) is 3.65. The summed E-state index contributed by atoms with van der Waals surface area (Å²) >= 11 is 0. The average molecular weight is 300 g/mol. The molecule has 0 saturated carbocycles. The van der Waals surface area contributed by atoms with E-state index in [1.807, 2.05) is 54.6 Å². The van der Waals surface area contributed by atoms with E-state index in [9.17, 15) is 5.11 Å². The molecule has 2 aromatic rings. The number of nitrogens with two attached hydrogens (primary N) is 1. The predicted molar refractivity (Wildman–Crippen MR) is 88.8 cm³/mol. The molecule has 1 unspecified atom stereocenters. The standard InChI is InChI=1S/C18H24N2O2/c1-22-16-9-7-15(8-10-16)12-20-13-18(21)17(19)11-14-5-3-2-4-6-14/h2-10,17-18,20-21H,11-13,19H2,1H3/t17?,18-/m0/s1. The summed E-state index contributed by atoms with van der Waals surface area (Å²) in [5.74, 6) is 0.841. The van der Waals surface area contributed by atoms with Gasteiger partial charge in [-0.1, -0.05) is 42.5 Å². The van der Waals surface area contributed by atoms with Gasteiger partial charge >= 0.3 is 0 Å². The quantitative estimate of drug-likeness (QED) is 0.694. The average Bonchev–Trinajstić information content (AvgIpc) is 2.56. The van der Waals surface area contributed by atoms with Gasteiger partial charge in [-0.05, 0) is 29.7 Å². The summed E-state index contributed by atoms with van der Waals surface area (Å²) in [6.45, 7) is 1.17. The van der Waals surface area contributed by atoms with Crippen molar-refractivity contribution in [3.8, 4) is 5.75 Å². The monoisotopic (exact) mass is 300 g/mol. The van der Waals surface area contributed by atoms with E-state index in [-0.39, 0.29) is 6.04 Å². The fourth-order valence-corrected chi connectivity index (χ4v) is 2.28. The molecule has 4 nitrogen and oxygen atoms in total. The summed E-state index contributed by atoms with van der Waals surface area (Å²) in [7, 11) is 1.65. The topological polar surface area (TPSA) is 67.5 Å². The molecule has 0 aromatic heterocycles. The Morgan fingerprint density at radius 1 is 1.05 bits per heavy atom. The molecule has 118 valence electrons. The summed E-state index contributed by atoms with van der Waals surface area (Å²) in [6, 6.07) is 17.6. The molecule has 4 heteroatoms. The number of hydrogen-bond acceptors (Lipinski definition) is 4. The Bertz CT molecular complexity index is 543. The number of aliphatic hydroxyl groups is 1. The van der Waals surface area contributed by atoms with Gasteiger partial charge in [0, 0.05) is 19.1 Å². The highest BCUT2D eigenvalue weighted by atomic mass is 16.5. The lowest BCUT2D eigenvalue weighted by Gasteiger charge is -2.19. The molecule has 0 spiro atoms. The molecule has 0 bridgehead atoms. The molecule has 0 saturated heterocycles. The molecule has 0 amide bonds. The fraction of sp³-hybridized carbons (Fsp3) is 0.333. The van der Waals surface area contributed by atoms with E-state index in [1.165, 1.54) is 0 Å². The number of benzene rings is 2. The molecule has 2 atom stereocenters. The van der Waals surface area contributed by atoms with Crippen molar-refractivity contribution in [2.45, 2.75) is 25.1 Å². The number of ether oxygens (including phenoxy) is 1. The van der Waals surface area contributed by atoms with Crippen molar-refractivity contribution in [3.05, 3.63) is 65.7 Å². The van der Waals surface area contributed by atoms with Crippen molar-refractivity contribution >= 4 is 0 Å². The molecule has 4 N–H and O–H groups in total. The minimum atomic E-state index is -0.571. The number of nitrogens with one attached hydrogen (secondary N) is 1. The van der Waals surface area contributed by atoms with Crippen LogP contribution in [0.4, 0.5) is 0 Å². The molecule has 0 aliphatic heterocycles. The maximum atomic E-state index is 10.1.